The zero-order valence-electron chi connectivity index (χ0n) is 11.4. The van der Waals surface area contributed by atoms with Gasteiger partial charge in [0.15, 0.2) is 6.61 Å². The minimum absolute atomic E-state index is 0. The highest BCUT2D eigenvalue weighted by atomic mass is 35.5. The van der Waals surface area contributed by atoms with Crippen molar-refractivity contribution in [2.75, 3.05) is 20.3 Å². The largest absolute Gasteiger partial charge is 0.497 e. The van der Waals surface area contributed by atoms with Crippen molar-refractivity contribution < 1.29 is 14.3 Å². The fourth-order valence-electron chi connectivity index (χ4n) is 1.30. The van der Waals surface area contributed by atoms with E-state index in [1.54, 1.807) is 25.3 Å². The Labute approximate surface area is 119 Å². The first kappa shape index (κ1) is 17.5. The molecule has 1 aromatic carbocycles. The summed E-state index contributed by atoms with van der Waals surface area (Å²) in [4.78, 5) is 11.6. The monoisotopic (exact) mass is 288 g/mol. The second kappa shape index (κ2) is 7.86. The molecule has 0 bridgehead atoms. The van der Waals surface area contributed by atoms with Crippen LogP contribution in [0.5, 0.6) is 11.5 Å². The number of benzene rings is 1. The van der Waals surface area contributed by atoms with E-state index in [1.807, 2.05) is 19.9 Å². The van der Waals surface area contributed by atoms with E-state index in [4.69, 9.17) is 15.2 Å². The molecule has 5 nitrogen and oxygen atoms in total. The van der Waals surface area contributed by atoms with Crippen LogP contribution in [-0.2, 0) is 4.79 Å². The van der Waals surface area contributed by atoms with Crippen molar-refractivity contribution in [3.63, 3.8) is 0 Å². The number of halogens is 1. The van der Waals surface area contributed by atoms with Gasteiger partial charge in [0, 0.05) is 18.2 Å². The van der Waals surface area contributed by atoms with Gasteiger partial charge in [0.25, 0.3) is 5.91 Å². The van der Waals surface area contributed by atoms with Crippen LogP contribution in [0.2, 0.25) is 0 Å². The van der Waals surface area contributed by atoms with E-state index in [2.05, 4.69) is 5.32 Å². The number of amides is 1. The van der Waals surface area contributed by atoms with Crippen molar-refractivity contribution in [2.24, 2.45) is 5.73 Å². The molecule has 3 N–H and O–H groups in total. The number of nitrogens with two attached hydrogens (primary N) is 1. The summed E-state index contributed by atoms with van der Waals surface area (Å²) in [6, 6.07) is 7.10. The molecule has 0 saturated carbocycles. The number of ether oxygens (including phenoxy) is 2. The summed E-state index contributed by atoms with van der Waals surface area (Å²) in [6.45, 7) is 4.04. The maximum atomic E-state index is 11.6. The predicted octanol–water partition coefficient (Wildman–Crippen LogP) is 1.35. The number of carbonyl (C=O) groups is 1. The average molecular weight is 289 g/mol. The van der Waals surface area contributed by atoms with Crippen LogP contribution in [0, 0.1) is 0 Å². The van der Waals surface area contributed by atoms with Crippen LogP contribution >= 0.6 is 12.4 Å². The van der Waals surface area contributed by atoms with E-state index in [9.17, 15) is 4.79 Å². The third-order valence-corrected chi connectivity index (χ3v) is 2.40. The predicted molar refractivity (Wildman–Crippen MR) is 77.0 cm³/mol. The van der Waals surface area contributed by atoms with Gasteiger partial charge >= 0.3 is 0 Å². The molecule has 0 aromatic heterocycles. The highest BCUT2D eigenvalue weighted by Crippen LogP contribution is 2.18. The van der Waals surface area contributed by atoms with Crippen molar-refractivity contribution in [2.45, 2.75) is 19.4 Å². The van der Waals surface area contributed by atoms with Crippen molar-refractivity contribution in [1.29, 1.82) is 0 Å². The van der Waals surface area contributed by atoms with Crippen molar-refractivity contribution in [3.8, 4) is 11.5 Å². The number of carbonyl (C=O) groups excluding carboxylic acids is 1. The van der Waals surface area contributed by atoms with E-state index >= 15 is 0 Å². The standard InChI is InChI=1S/C13H20N2O3.ClH/c1-13(2,9-14)15-12(16)8-18-11-6-4-5-10(7-11)17-3;/h4-7H,8-9,14H2,1-3H3,(H,15,16);1H. The topological polar surface area (TPSA) is 73.6 Å². The summed E-state index contributed by atoms with van der Waals surface area (Å²) >= 11 is 0. The summed E-state index contributed by atoms with van der Waals surface area (Å²) in [5.74, 6) is 1.08. The van der Waals surface area contributed by atoms with Gasteiger partial charge in [0.2, 0.25) is 0 Å². The number of methoxy groups -OCH3 is 1. The lowest BCUT2D eigenvalue weighted by molar-refractivity contribution is -0.124. The Balaban J connectivity index is 0.00000324. The van der Waals surface area contributed by atoms with Gasteiger partial charge in [-0.1, -0.05) is 6.07 Å². The first-order valence-electron chi connectivity index (χ1n) is 5.75. The van der Waals surface area contributed by atoms with Gasteiger partial charge in [-0.05, 0) is 26.0 Å². The second-order valence-corrected chi connectivity index (χ2v) is 4.60. The Bertz CT molecular complexity index is 411. The number of rotatable bonds is 6. The summed E-state index contributed by atoms with van der Waals surface area (Å²) < 4.78 is 10.4. The molecule has 0 atom stereocenters. The summed E-state index contributed by atoms with van der Waals surface area (Å²) in [7, 11) is 1.58. The van der Waals surface area contributed by atoms with Crippen LogP contribution in [0.15, 0.2) is 24.3 Å². The molecule has 0 heterocycles. The van der Waals surface area contributed by atoms with Gasteiger partial charge in [-0.2, -0.15) is 0 Å². The Hall–Kier alpha value is -1.46. The third kappa shape index (κ3) is 6.31. The maximum Gasteiger partial charge on any atom is 0.258 e. The van der Waals surface area contributed by atoms with Crippen LogP contribution in [-0.4, -0.2) is 31.7 Å². The fourth-order valence-corrected chi connectivity index (χ4v) is 1.30. The molecule has 0 spiro atoms. The molecular weight excluding hydrogens is 268 g/mol. The van der Waals surface area contributed by atoms with E-state index < -0.39 is 5.54 Å². The van der Waals surface area contributed by atoms with Crippen molar-refractivity contribution in [3.05, 3.63) is 24.3 Å². The SMILES string of the molecule is COc1cccc(OCC(=O)NC(C)(C)CN)c1.Cl. The van der Waals surface area contributed by atoms with Crippen molar-refractivity contribution in [1.82, 2.24) is 5.32 Å². The lowest BCUT2D eigenvalue weighted by atomic mass is 10.1. The van der Waals surface area contributed by atoms with Gasteiger partial charge in [-0.15, -0.1) is 12.4 Å². The van der Waals surface area contributed by atoms with E-state index in [0.29, 0.717) is 18.0 Å². The Kier molecular flexibility index (Phi) is 7.26. The first-order chi connectivity index (χ1) is 8.46. The van der Waals surface area contributed by atoms with E-state index in [0.717, 1.165) is 0 Å². The fraction of sp³-hybridized carbons (Fsp3) is 0.462. The molecule has 0 radical (unpaired) electrons. The molecule has 19 heavy (non-hydrogen) atoms. The Morgan fingerprint density at radius 3 is 2.58 bits per heavy atom. The van der Waals surface area contributed by atoms with E-state index in [-0.39, 0.29) is 24.9 Å². The first-order valence-corrected chi connectivity index (χ1v) is 5.75. The normalized spacial score (nSPS) is 10.3. The highest BCUT2D eigenvalue weighted by molar-refractivity contribution is 5.85. The van der Waals surface area contributed by atoms with Crippen LogP contribution < -0.4 is 20.5 Å². The molecule has 0 aliphatic rings. The number of hydrogen-bond acceptors (Lipinski definition) is 4. The lowest BCUT2D eigenvalue weighted by Gasteiger charge is -2.24. The van der Waals surface area contributed by atoms with Crippen LogP contribution in [0.3, 0.4) is 0 Å². The quantitative estimate of drug-likeness (QED) is 0.829. The second-order valence-electron chi connectivity index (χ2n) is 4.60. The molecule has 0 aliphatic heterocycles. The van der Waals surface area contributed by atoms with Crippen molar-refractivity contribution >= 4 is 18.3 Å². The molecule has 1 rings (SSSR count). The molecule has 0 fully saturated rings. The Morgan fingerprint density at radius 1 is 1.37 bits per heavy atom. The molecule has 0 unspecified atom stereocenters. The van der Waals surface area contributed by atoms with Gasteiger partial charge in [0.1, 0.15) is 11.5 Å². The molecule has 6 heteroatoms. The maximum absolute atomic E-state index is 11.6. The molecule has 0 saturated heterocycles. The third-order valence-electron chi connectivity index (χ3n) is 2.40. The summed E-state index contributed by atoms with van der Waals surface area (Å²) in [5, 5.41) is 2.78. The zero-order chi connectivity index (χ0) is 13.6. The van der Waals surface area contributed by atoms with Gasteiger partial charge < -0.3 is 20.5 Å². The highest BCUT2D eigenvalue weighted by Gasteiger charge is 2.18. The smallest absolute Gasteiger partial charge is 0.258 e. The van der Waals surface area contributed by atoms with Crippen LogP contribution in [0.4, 0.5) is 0 Å². The molecule has 1 amide bonds. The van der Waals surface area contributed by atoms with Crippen LogP contribution in [0.1, 0.15) is 13.8 Å². The number of nitrogens with one attached hydrogen (secondary N) is 1. The van der Waals surface area contributed by atoms with Gasteiger partial charge in [0.05, 0.1) is 7.11 Å². The zero-order valence-corrected chi connectivity index (χ0v) is 12.3. The van der Waals surface area contributed by atoms with E-state index in [1.165, 1.54) is 0 Å². The summed E-state index contributed by atoms with van der Waals surface area (Å²) in [6.07, 6.45) is 0. The van der Waals surface area contributed by atoms with Gasteiger partial charge in [-0.3, -0.25) is 4.79 Å². The van der Waals surface area contributed by atoms with Gasteiger partial charge in [-0.25, -0.2) is 0 Å². The molecule has 1 aromatic rings. The van der Waals surface area contributed by atoms with Crippen LogP contribution in [0.25, 0.3) is 0 Å². The Morgan fingerprint density at radius 2 is 2.00 bits per heavy atom. The minimum Gasteiger partial charge on any atom is -0.497 e. The minimum atomic E-state index is -0.422. The molecule has 0 aliphatic carbocycles. The molecular formula is C13H21ClN2O3. The number of hydrogen-bond donors (Lipinski definition) is 2. The average Bonchev–Trinajstić information content (AvgIpc) is 2.36. The molecule has 108 valence electrons. The lowest BCUT2D eigenvalue weighted by Crippen LogP contribution is -2.50. The summed E-state index contributed by atoms with van der Waals surface area (Å²) in [5.41, 5.74) is 5.11.